The fourth-order valence-electron chi connectivity index (χ4n) is 2.72. The first-order chi connectivity index (χ1) is 13.3. The van der Waals surface area contributed by atoms with Crippen LogP contribution in [-0.2, 0) is 10.0 Å². The largest absolute Gasteiger partial charge is 0.322 e. The van der Waals surface area contributed by atoms with Crippen LogP contribution in [0.25, 0.3) is 0 Å². The summed E-state index contributed by atoms with van der Waals surface area (Å²) in [4.78, 5) is 12.4. The van der Waals surface area contributed by atoms with Gasteiger partial charge in [-0.2, -0.15) is 0 Å². The number of nitrogens with one attached hydrogen (secondary N) is 1. The molecule has 144 valence electrons. The molecule has 0 spiro atoms. The maximum Gasteiger partial charge on any atom is 0.264 e. The van der Waals surface area contributed by atoms with Crippen LogP contribution in [0.2, 0.25) is 0 Å². The first kappa shape index (κ1) is 19.6. The maximum atomic E-state index is 14.0. The third kappa shape index (κ3) is 4.04. The minimum Gasteiger partial charge on any atom is -0.322 e. The Morgan fingerprint density at radius 3 is 2.39 bits per heavy atom. The number of nitrogens with zero attached hydrogens (tertiary/aromatic N) is 1. The van der Waals surface area contributed by atoms with Crippen molar-refractivity contribution < 1.29 is 17.6 Å². The van der Waals surface area contributed by atoms with Gasteiger partial charge >= 0.3 is 0 Å². The lowest BCUT2D eigenvalue weighted by Crippen LogP contribution is -2.27. The van der Waals surface area contributed by atoms with Gasteiger partial charge in [-0.1, -0.05) is 30.3 Å². The van der Waals surface area contributed by atoms with Gasteiger partial charge in [0.2, 0.25) is 0 Å². The summed E-state index contributed by atoms with van der Waals surface area (Å²) in [5.41, 5.74) is 1.71. The number of carbonyl (C=O) groups excluding carboxylic acids is 1. The second kappa shape index (κ2) is 7.82. The average Bonchev–Trinajstić information content (AvgIpc) is 2.68. The van der Waals surface area contributed by atoms with Crippen LogP contribution in [0.5, 0.6) is 0 Å². The normalized spacial score (nSPS) is 11.1. The summed E-state index contributed by atoms with van der Waals surface area (Å²) in [6, 6.07) is 18.5. The zero-order chi connectivity index (χ0) is 20.3. The summed E-state index contributed by atoms with van der Waals surface area (Å²) in [5, 5.41) is 2.74. The molecule has 0 bridgehead atoms. The zero-order valence-corrected chi connectivity index (χ0v) is 16.2. The number of rotatable bonds is 5. The van der Waals surface area contributed by atoms with Gasteiger partial charge in [0, 0.05) is 18.3 Å². The molecule has 0 saturated carbocycles. The smallest absolute Gasteiger partial charge is 0.264 e. The van der Waals surface area contributed by atoms with E-state index in [1.54, 1.807) is 12.1 Å². The Kier molecular flexibility index (Phi) is 5.46. The molecule has 1 N–H and O–H groups in total. The van der Waals surface area contributed by atoms with Crippen molar-refractivity contribution in [2.75, 3.05) is 16.7 Å². The first-order valence-electron chi connectivity index (χ1n) is 8.50. The number of halogens is 1. The SMILES string of the molecule is Cc1cccc(NC(=O)c2cccc(S(=O)(=O)N(C)c3ccccc3F)c2)c1. The van der Waals surface area contributed by atoms with Crippen molar-refractivity contribution >= 4 is 27.3 Å². The van der Waals surface area contributed by atoms with Gasteiger partial charge in [0.1, 0.15) is 5.82 Å². The van der Waals surface area contributed by atoms with Gasteiger partial charge in [0.05, 0.1) is 10.6 Å². The molecule has 0 aliphatic rings. The van der Waals surface area contributed by atoms with Gasteiger partial charge in [-0.25, -0.2) is 12.8 Å². The molecule has 1 amide bonds. The summed E-state index contributed by atoms with van der Waals surface area (Å²) in [6.45, 7) is 1.90. The standard InChI is InChI=1S/C21H19FN2O3S/c1-15-7-5-9-17(13-15)23-21(25)16-8-6-10-18(14-16)28(26,27)24(2)20-12-4-3-11-19(20)22/h3-14H,1-2H3,(H,23,25). The number of amides is 1. The highest BCUT2D eigenvalue weighted by Gasteiger charge is 2.24. The number of aryl methyl sites for hydroxylation is 1. The number of hydrogen-bond donors (Lipinski definition) is 1. The van der Waals surface area contributed by atoms with Crippen LogP contribution < -0.4 is 9.62 Å². The van der Waals surface area contributed by atoms with Crippen LogP contribution in [0.1, 0.15) is 15.9 Å². The van der Waals surface area contributed by atoms with Crippen LogP contribution in [0.15, 0.2) is 77.7 Å². The minimum atomic E-state index is -4.04. The first-order valence-corrected chi connectivity index (χ1v) is 9.94. The van der Waals surface area contributed by atoms with Crippen molar-refractivity contribution in [3.63, 3.8) is 0 Å². The van der Waals surface area contributed by atoms with E-state index >= 15 is 0 Å². The van der Waals surface area contributed by atoms with E-state index in [4.69, 9.17) is 0 Å². The Balaban J connectivity index is 1.90. The van der Waals surface area contributed by atoms with E-state index in [0.717, 1.165) is 9.87 Å². The second-order valence-corrected chi connectivity index (χ2v) is 8.24. The van der Waals surface area contributed by atoms with E-state index < -0.39 is 21.7 Å². The average molecular weight is 398 g/mol. The van der Waals surface area contributed by atoms with Crippen LogP contribution >= 0.6 is 0 Å². The van der Waals surface area contributed by atoms with Gasteiger partial charge in [-0.15, -0.1) is 0 Å². The van der Waals surface area contributed by atoms with Gasteiger partial charge in [-0.05, 0) is 55.0 Å². The molecule has 0 unspecified atom stereocenters. The lowest BCUT2D eigenvalue weighted by molar-refractivity contribution is 0.102. The molecular formula is C21H19FN2O3S. The topological polar surface area (TPSA) is 66.5 Å². The number of para-hydroxylation sites is 1. The molecule has 28 heavy (non-hydrogen) atoms. The van der Waals surface area contributed by atoms with E-state index in [1.807, 2.05) is 25.1 Å². The predicted molar refractivity (Wildman–Crippen MR) is 108 cm³/mol. The van der Waals surface area contributed by atoms with Crippen molar-refractivity contribution in [2.45, 2.75) is 11.8 Å². The van der Waals surface area contributed by atoms with Crippen LogP contribution in [0, 0.1) is 12.7 Å². The fourth-order valence-corrected chi connectivity index (χ4v) is 3.97. The molecule has 5 nitrogen and oxygen atoms in total. The Morgan fingerprint density at radius 2 is 1.68 bits per heavy atom. The number of benzene rings is 3. The molecular weight excluding hydrogens is 379 g/mol. The van der Waals surface area contributed by atoms with Gasteiger partial charge in [0.25, 0.3) is 15.9 Å². The molecule has 0 fully saturated rings. The monoisotopic (exact) mass is 398 g/mol. The van der Waals surface area contributed by atoms with E-state index in [2.05, 4.69) is 5.32 Å². The van der Waals surface area contributed by atoms with Crippen LogP contribution in [0.3, 0.4) is 0 Å². The summed E-state index contributed by atoms with van der Waals surface area (Å²) in [7, 11) is -2.77. The van der Waals surface area contributed by atoms with Crippen molar-refractivity contribution in [2.24, 2.45) is 0 Å². The highest BCUT2D eigenvalue weighted by atomic mass is 32.2. The Labute approximate surface area is 163 Å². The van der Waals surface area contributed by atoms with Crippen LogP contribution in [0.4, 0.5) is 15.8 Å². The predicted octanol–water partition coefficient (Wildman–Crippen LogP) is 4.21. The molecule has 0 heterocycles. The molecule has 0 aliphatic heterocycles. The van der Waals surface area contributed by atoms with E-state index in [-0.39, 0.29) is 16.1 Å². The van der Waals surface area contributed by atoms with Crippen molar-refractivity contribution in [3.05, 3.63) is 89.7 Å². The molecule has 0 saturated heterocycles. The van der Waals surface area contributed by atoms with Gasteiger partial charge in [0.15, 0.2) is 0 Å². The Bertz CT molecular complexity index is 1130. The number of sulfonamides is 1. The summed E-state index contributed by atoms with van der Waals surface area (Å²) >= 11 is 0. The lowest BCUT2D eigenvalue weighted by atomic mass is 10.2. The van der Waals surface area contributed by atoms with Crippen LogP contribution in [-0.4, -0.2) is 21.4 Å². The summed E-state index contributed by atoms with van der Waals surface area (Å²) < 4.78 is 40.6. The van der Waals surface area contributed by atoms with Crippen molar-refractivity contribution in [1.29, 1.82) is 0 Å². The van der Waals surface area contributed by atoms with Crippen molar-refractivity contribution in [1.82, 2.24) is 0 Å². The molecule has 0 aromatic heterocycles. The fraction of sp³-hybridized carbons (Fsp3) is 0.0952. The summed E-state index contributed by atoms with van der Waals surface area (Å²) in [5.74, 6) is -1.09. The molecule has 0 aliphatic carbocycles. The third-order valence-corrected chi connectivity index (χ3v) is 5.99. The highest BCUT2D eigenvalue weighted by Crippen LogP contribution is 2.25. The lowest BCUT2D eigenvalue weighted by Gasteiger charge is -2.20. The van der Waals surface area contributed by atoms with Gasteiger partial charge in [-0.3, -0.25) is 9.10 Å². The molecule has 0 atom stereocenters. The number of carbonyl (C=O) groups is 1. The van der Waals surface area contributed by atoms with E-state index in [9.17, 15) is 17.6 Å². The van der Waals surface area contributed by atoms with E-state index in [0.29, 0.717) is 5.69 Å². The molecule has 7 heteroatoms. The van der Waals surface area contributed by atoms with E-state index in [1.165, 1.54) is 49.5 Å². The molecule has 0 radical (unpaired) electrons. The molecule has 3 aromatic rings. The number of anilines is 2. The molecule has 3 aromatic carbocycles. The third-order valence-electron chi connectivity index (χ3n) is 4.22. The summed E-state index contributed by atoms with van der Waals surface area (Å²) in [6.07, 6.45) is 0. The maximum absolute atomic E-state index is 14.0. The number of hydrogen-bond acceptors (Lipinski definition) is 3. The molecule has 3 rings (SSSR count). The quantitative estimate of drug-likeness (QED) is 0.700. The van der Waals surface area contributed by atoms with Crippen molar-refractivity contribution in [3.8, 4) is 0 Å². The Hall–Kier alpha value is -3.19. The minimum absolute atomic E-state index is 0.0721. The highest BCUT2D eigenvalue weighted by molar-refractivity contribution is 7.92. The Morgan fingerprint density at radius 1 is 0.964 bits per heavy atom. The van der Waals surface area contributed by atoms with Gasteiger partial charge < -0.3 is 5.32 Å². The second-order valence-electron chi connectivity index (χ2n) is 6.28. The zero-order valence-electron chi connectivity index (χ0n) is 15.4.